The Bertz CT molecular complexity index is 3050. The van der Waals surface area contributed by atoms with Gasteiger partial charge in [0.1, 0.15) is 59.5 Å². The molecule has 310 valence electrons. The highest BCUT2D eigenvalue weighted by atomic mass is 19.1. The zero-order valence-corrected chi connectivity index (χ0v) is 32.4. The summed E-state index contributed by atoms with van der Waals surface area (Å²) >= 11 is 0. The number of benzene rings is 3. The van der Waals surface area contributed by atoms with Crippen LogP contribution in [-0.4, -0.2) is 77.0 Å². The molecule has 9 aromatic rings. The molecular weight excluding hydrogens is 787 g/mol. The Hall–Kier alpha value is -6.86. The quantitative estimate of drug-likeness (QED) is 0.0909. The first-order valence-electron chi connectivity index (χ1n) is 19.8. The Morgan fingerprint density at radius 1 is 0.689 bits per heavy atom. The maximum absolute atomic E-state index is 13.9. The van der Waals surface area contributed by atoms with Gasteiger partial charge in [0.2, 0.25) is 0 Å². The van der Waals surface area contributed by atoms with Crippen LogP contribution in [0.25, 0.3) is 43.9 Å². The number of anilines is 2. The number of halogens is 2. The van der Waals surface area contributed by atoms with Crippen molar-refractivity contribution in [2.75, 3.05) is 11.5 Å². The number of ether oxygens (including phenoxy) is 1. The average molecular weight is 827 g/mol. The lowest BCUT2D eigenvalue weighted by atomic mass is 9.89. The van der Waals surface area contributed by atoms with E-state index in [0.717, 1.165) is 23.9 Å². The van der Waals surface area contributed by atoms with Crippen molar-refractivity contribution in [3.05, 3.63) is 131 Å². The molecule has 18 heteroatoms. The number of nitrogens with two attached hydrogens (primary N) is 2. The van der Waals surface area contributed by atoms with Gasteiger partial charge in [0.05, 0.1) is 41.7 Å². The topological polar surface area (TPSA) is 241 Å². The number of aromatic amines is 2. The van der Waals surface area contributed by atoms with Crippen molar-refractivity contribution in [3.8, 4) is 0 Å². The standard InChI is InChI=1S/C25H23FN6O2.C18H17FN6O2/c26-15-6-7-20-18(8-15)19(11-28-20)23(33)22-21-24(27)29-13-30-25(21)32(31-22)16-9-17(10-16)34-12-14-4-2-1-3-5-14;19-8-1-2-13-11(3-8)12(6-21-13)16(27)15-14-17(20)22-7-23-18(14)25(24-15)9-4-10(26)5-9/h1-8,11,13,16-17,23,28,33H,9-10,12H2,(H2,27,29,30);1-3,6-7,9-10,16,21,26-27H,4-5H2,(H2,20,22,23). The second-order valence-electron chi connectivity index (χ2n) is 15.6. The third-order valence-corrected chi connectivity index (χ3v) is 11.7. The van der Waals surface area contributed by atoms with Gasteiger partial charge in [0.25, 0.3) is 0 Å². The van der Waals surface area contributed by atoms with Crippen molar-refractivity contribution < 1.29 is 28.8 Å². The summed E-state index contributed by atoms with van der Waals surface area (Å²) < 4.78 is 37.1. The van der Waals surface area contributed by atoms with Crippen molar-refractivity contribution in [1.82, 2.24) is 49.5 Å². The molecule has 2 aliphatic carbocycles. The molecule has 2 saturated carbocycles. The highest BCUT2D eigenvalue weighted by Crippen LogP contribution is 2.41. The summed E-state index contributed by atoms with van der Waals surface area (Å²) in [7, 11) is 0. The summed E-state index contributed by atoms with van der Waals surface area (Å²) in [5, 5.41) is 43.4. The number of nitrogens with one attached hydrogen (secondary N) is 2. The third-order valence-electron chi connectivity index (χ3n) is 11.7. The Morgan fingerprint density at radius 2 is 1.18 bits per heavy atom. The number of aliphatic hydroxyl groups is 3. The number of fused-ring (bicyclic) bond motifs is 4. The zero-order valence-electron chi connectivity index (χ0n) is 32.4. The molecule has 6 aromatic heterocycles. The molecule has 0 amide bonds. The highest BCUT2D eigenvalue weighted by molar-refractivity contribution is 5.92. The van der Waals surface area contributed by atoms with Gasteiger partial charge in [-0.3, -0.25) is 0 Å². The number of rotatable bonds is 9. The molecule has 2 aliphatic rings. The Balaban J connectivity index is 0.000000150. The van der Waals surface area contributed by atoms with E-state index < -0.39 is 18.0 Å². The number of aromatic nitrogens is 10. The number of hydrogen-bond donors (Lipinski definition) is 7. The number of nitrogens with zero attached hydrogens (tertiary/aromatic N) is 8. The number of H-pyrrole nitrogens is 2. The highest BCUT2D eigenvalue weighted by Gasteiger charge is 2.36. The second kappa shape index (κ2) is 15.3. The van der Waals surface area contributed by atoms with Crippen LogP contribution in [0, 0.1) is 11.6 Å². The van der Waals surface area contributed by atoms with Gasteiger partial charge in [-0.1, -0.05) is 30.3 Å². The van der Waals surface area contributed by atoms with Crippen molar-refractivity contribution in [1.29, 1.82) is 0 Å². The Kier molecular flexibility index (Phi) is 9.62. The fourth-order valence-electron chi connectivity index (χ4n) is 8.33. The number of hydrogen-bond acceptors (Lipinski definition) is 12. The van der Waals surface area contributed by atoms with E-state index in [0.29, 0.717) is 80.3 Å². The van der Waals surface area contributed by atoms with Crippen molar-refractivity contribution >= 4 is 55.5 Å². The Morgan fingerprint density at radius 3 is 1.67 bits per heavy atom. The van der Waals surface area contributed by atoms with E-state index in [-0.39, 0.29) is 41.7 Å². The van der Waals surface area contributed by atoms with Crippen LogP contribution in [0.2, 0.25) is 0 Å². The SMILES string of the molecule is Nc1ncnc2c1c(C(O)c1c[nH]c3ccc(F)cc13)nn2C1CC(O)C1.Nc1ncnc2c1c(C(O)c1c[nH]c3ccc(F)cc13)nn2C1CC(OCc2ccccc2)C1. The van der Waals surface area contributed by atoms with Crippen LogP contribution in [0.1, 0.15) is 78.1 Å². The van der Waals surface area contributed by atoms with Gasteiger partial charge in [0.15, 0.2) is 11.3 Å². The molecule has 0 spiro atoms. The van der Waals surface area contributed by atoms with Crippen LogP contribution in [0.5, 0.6) is 0 Å². The minimum Gasteiger partial charge on any atom is -0.393 e. The first-order valence-corrected chi connectivity index (χ1v) is 19.8. The molecular formula is C43H40F2N12O4. The van der Waals surface area contributed by atoms with E-state index >= 15 is 0 Å². The Labute approximate surface area is 344 Å². The van der Waals surface area contributed by atoms with Gasteiger partial charge in [-0.15, -0.1) is 0 Å². The number of nitrogen functional groups attached to an aromatic ring is 2. The van der Waals surface area contributed by atoms with Crippen LogP contribution in [0.3, 0.4) is 0 Å². The van der Waals surface area contributed by atoms with Crippen LogP contribution in [0.4, 0.5) is 20.4 Å². The maximum atomic E-state index is 13.9. The molecule has 2 fully saturated rings. The molecule has 11 rings (SSSR count). The number of aliphatic hydroxyl groups excluding tert-OH is 3. The van der Waals surface area contributed by atoms with Crippen LogP contribution in [0.15, 0.2) is 91.8 Å². The normalized spacial score (nSPS) is 19.8. The largest absolute Gasteiger partial charge is 0.393 e. The summed E-state index contributed by atoms with van der Waals surface area (Å²) in [6.45, 7) is 0.564. The minimum absolute atomic E-state index is 0.0156. The van der Waals surface area contributed by atoms with E-state index in [9.17, 15) is 24.1 Å². The summed E-state index contributed by atoms with van der Waals surface area (Å²) in [6.07, 6.45) is 6.22. The van der Waals surface area contributed by atoms with Crippen molar-refractivity contribution in [2.24, 2.45) is 0 Å². The lowest BCUT2D eigenvalue weighted by Gasteiger charge is -2.35. The molecule has 2 atom stereocenters. The average Bonchev–Trinajstić information content (AvgIpc) is 4.03. The smallest absolute Gasteiger partial charge is 0.163 e. The summed E-state index contributed by atoms with van der Waals surface area (Å²) in [5.41, 5.74) is 17.6. The van der Waals surface area contributed by atoms with Gasteiger partial charge in [-0.2, -0.15) is 10.2 Å². The first-order chi connectivity index (χ1) is 29.6. The fraction of sp³-hybridized carbons (Fsp3) is 0.256. The second-order valence-corrected chi connectivity index (χ2v) is 15.6. The molecule has 0 bridgehead atoms. The summed E-state index contributed by atoms with van der Waals surface area (Å²) in [4.78, 5) is 22.9. The molecule has 16 nitrogen and oxygen atoms in total. The summed E-state index contributed by atoms with van der Waals surface area (Å²) in [6, 6.07) is 18.9. The monoisotopic (exact) mass is 826 g/mol. The molecule has 0 saturated heterocycles. The molecule has 61 heavy (non-hydrogen) atoms. The van der Waals surface area contributed by atoms with Gasteiger partial charge in [-0.25, -0.2) is 38.1 Å². The van der Waals surface area contributed by atoms with E-state index in [1.807, 2.05) is 35.0 Å². The van der Waals surface area contributed by atoms with Crippen LogP contribution in [-0.2, 0) is 11.3 Å². The first kappa shape index (κ1) is 38.3. The van der Waals surface area contributed by atoms with Crippen molar-refractivity contribution in [2.45, 2.75) is 68.8 Å². The fourth-order valence-corrected chi connectivity index (χ4v) is 8.33. The van der Waals surface area contributed by atoms with Crippen LogP contribution < -0.4 is 11.5 Å². The minimum atomic E-state index is -1.14. The van der Waals surface area contributed by atoms with Crippen molar-refractivity contribution in [3.63, 3.8) is 0 Å². The summed E-state index contributed by atoms with van der Waals surface area (Å²) in [5.74, 6) is -0.314. The van der Waals surface area contributed by atoms with E-state index in [1.165, 1.54) is 36.9 Å². The predicted octanol–water partition coefficient (Wildman–Crippen LogP) is 5.84. The van der Waals surface area contributed by atoms with Gasteiger partial charge in [0, 0.05) is 45.3 Å². The van der Waals surface area contributed by atoms with E-state index in [4.69, 9.17) is 21.3 Å². The molecule has 9 N–H and O–H groups in total. The van der Waals surface area contributed by atoms with Crippen LogP contribution >= 0.6 is 0 Å². The predicted molar refractivity (Wildman–Crippen MR) is 222 cm³/mol. The van der Waals surface area contributed by atoms with Gasteiger partial charge in [-0.05, 0) is 67.6 Å². The van der Waals surface area contributed by atoms with Gasteiger partial charge >= 0.3 is 0 Å². The van der Waals surface area contributed by atoms with E-state index in [2.05, 4.69) is 35.0 Å². The third kappa shape index (κ3) is 6.88. The zero-order chi connectivity index (χ0) is 41.9. The maximum Gasteiger partial charge on any atom is 0.163 e. The molecule has 0 radical (unpaired) electrons. The lowest BCUT2D eigenvalue weighted by molar-refractivity contribution is -0.0376. The molecule has 2 unspecified atom stereocenters. The molecule has 6 heterocycles. The molecule has 0 aliphatic heterocycles. The van der Waals surface area contributed by atoms with Gasteiger partial charge < -0.3 is 41.5 Å². The molecule has 3 aromatic carbocycles. The van der Waals surface area contributed by atoms with E-state index in [1.54, 1.807) is 29.2 Å². The lowest BCUT2D eigenvalue weighted by Crippen LogP contribution is -2.34.